The Hall–Kier alpha value is -3.87. The van der Waals surface area contributed by atoms with Crippen molar-refractivity contribution in [3.05, 3.63) is 65.4 Å². The number of nitrogens with one attached hydrogen (secondary N) is 3. The van der Waals surface area contributed by atoms with Gasteiger partial charge in [-0.05, 0) is 29.3 Å². The number of hydrogen-bond donors (Lipinski definition) is 3. The molecule has 0 aliphatic carbocycles. The lowest BCUT2D eigenvalue weighted by molar-refractivity contribution is -0.137. The summed E-state index contributed by atoms with van der Waals surface area (Å²) in [5.41, 5.74) is 1.61. The molecule has 2 aromatic carbocycles. The summed E-state index contributed by atoms with van der Waals surface area (Å²) in [6, 6.07) is 11.5. The van der Waals surface area contributed by atoms with Crippen LogP contribution in [0.1, 0.15) is 16.7 Å². The zero-order chi connectivity index (χ0) is 25.4. The van der Waals surface area contributed by atoms with E-state index in [0.29, 0.717) is 28.8 Å². The second-order valence-corrected chi connectivity index (χ2v) is 9.90. The van der Waals surface area contributed by atoms with Crippen LogP contribution < -0.4 is 20.3 Å². The molecule has 0 saturated heterocycles. The van der Waals surface area contributed by atoms with Gasteiger partial charge in [0.05, 0.1) is 18.4 Å². The monoisotopic (exact) mass is 506 g/mol. The lowest BCUT2D eigenvalue weighted by Gasteiger charge is -2.21. The molecule has 1 aliphatic rings. The minimum absolute atomic E-state index is 0.0914. The number of carbonyl (C=O) groups is 1. The second-order valence-electron chi connectivity index (χ2n) is 7.89. The minimum atomic E-state index is -4.72. The molecule has 0 atom stereocenters. The highest BCUT2D eigenvalue weighted by atomic mass is 32.2. The molecular formula is C22H21F3N6O3S. The van der Waals surface area contributed by atoms with Gasteiger partial charge < -0.3 is 16.0 Å². The topological polar surface area (TPSA) is 116 Å². The average Bonchev–Trinajstić information content (AvgIpc) is 3.15. The van der Waals surface area contributed by atoms with E-state index in [2.05, 4.69) is 25.9 Å². The van der Waals surface area contributed by atoms with Gasteiger partial charge in [0, 0.05) is 31.2 Å². The van der Waals surface area contributed by atoms with E-state index >= 15 is 0 Å². The normalized spacial score (nSPS) is 13.2. The van der Waals surface area contributed by atoms with E-state index in [0.717, 1.165) is 16.1 Å². The first-order valence-electron chi connectivity index (χ1n) is 10.3. The van der Waals surface area contributed by atoms with Crippen molar-refractivity contribution in [2.24, 2.45) is 0 Å². The van der Waals surface area contributed by atoms with Crippen LogP contribution in [0.2, 0.25) is 0 Å². The molecule has 1 aliphatic heterocycles. The van der Waals surface area contributed by atoms with Crippen molar-refractivity contribution in [3.8, 4) is 0 Å². The molecule has 1 amide bonds. The van der Waals surface area contributed by atoms with Gasteiger partial charge in [0.25, 0.3) is 0 Å². The molecule has 3 N–H and O–H groups in total. The lowest BCUT2D eigenvalue weighted by Crippen LogP contribution is -2.26. The molecule has 9 nitrogen and oxygen atoms in total. The third kappa shape index (κ3) is 5.45. The summed E-state index contributed by atoms with van der Waals surface area (Å²) in [4.78, 5) is 19.3. The highest BCUT2D eigenvalue weighted by Crippen LogP contribution is 2.35. The van der Waals surface area contributed by atoms with Gasteiger partial charge in [0.1, 0.15) is 11.4 Å². The molecule has 4 rings (SSSR count). The Kier molecular flexibility index (Phi) is 6.28. The number of anilines is 5. The molecule has 0 fully saturated rings. The van der Waals surface area contributed by atoms with Gasteiger partial charge in [-0.1, -0.05) is 24.3 Å². The molecule has 0 bridgehead atoms. The van der Waals surface area contributed by atoms with Gasteiger partial charge in [-0.25, -0.2) is 13.4 Å². The van der Waals surface area contributed by atoms with Gasteiger partial charge in [0.2, 0.25) is 21.9 Å². The molecular weight excluding hydrogens is 485 g/mol. The number of hydrogen-bond acceptors (Lipinski definition) is 7. The highest BCUT2D eigenvalue weighted by Gasteiger charge is 2.35. The summed E-state index contributed by atoms with van der Waals surface area (Å²) in [5, 5.41) is 8.21. The zero-order valence-corrected chi connectivity index (χ0v) is 19.5. The first-order valence-corrected chi connectivity index (χ1v) is 12.2. The Morgan fingerprint density at radius 1 is 1.17 bits per heavy atom. The Morgan fingerprint density at radius 2 is 1.91 bits per heavy atom. The van der Waals surface area contributed by atoms with Crippen molar-refractivity contribution in [1.29, 1.82) is 0 Å². The molecule has 0 radical (unpaired) electrons. The number of fused-ring (bicyclic) bond motifs is 1. The molecule has 3 aromatic rings. The zero-order valence-electron chi connectivity index (χ0n) is 18.6. The Balaban J connectivity index is 1.61. The molecule has 13 heteroatoms. The fraction of sp³-hybridized carbons (Fsp3) is 0.227. The van der Waals surface area contributed by atoms with E-state index in [-0.39, 0.29) is 24.8 Å². The van der Waals surface area contributed by atoms with Gasteiger partial charge in [0.15, 0.2) is 0 Å². The number of aromatic nitrogens is 2. The van der Waals surface area contributed by atoms with Crippen LogP contribution >= 0.6 is 0 Å². The largest absolute Gasteiger partial charge is 0.421 e. The number of sulfonamides is 1. The number of halogens is 3. The number of nitrogens with zero attached hydrogens (tertiary/aromatic N) is 3. The van der Waals surface area contributed by atoms with Crippen LogP contribution in [0.3, 0.4) is 0 Å². The van der Waals surface area contributed by atoms with E-state index in [1.165, 1.54) is 7.05 Å². The predicted molar refractivity (Wildman–Crippen MR) is 126 cm³/mol. The van der Waals surface area contributed by atoms with Crippen LogP contribution in [0.5, 0.6) is 0 Å². The number of amides is 1. The fourth-order valence-corrected chi connectivity index (χ4v) is 4.07. The Morgan fingerprint density at radius 3 is 2.63 bits per heavy atom. The summed E-state index contributed by atoms with van der Waals surface area (Å²) in [6.45, 7) is -0.125. The minimum Gasteiger partial charge on any atom is -0.365 e. The SMILES string of the molecule is CN(c1ccccc1CNc1nc(Nc2ccc3c(c2)NC(=O)C3)ncc1C(F)(F)F)S(C)(=O)=O. The molecule has 0 spiro atoms. The first kappa shape index (κ1) is 24.3. The third-order valence-corrected chi connectivity index (χ3v) is 6.55. The molecule has 1 aromatic heterocycles. The third-order valence-electron chi connectivity index (χ3n) is 5.36. The van der Waals surface area contributed by atoms with Crippen LogP contribution in [-0.4, -0.2) is 37.6 Å². The van der Waals surface area contributed by atoms with Crippen molar-refractivity contribution in [3.63, 3.8) is 0 Å². The van der Waals surface area contributed by atoms with Crippen molar-refractivity contribution >= 4 is 44.8 Å². The molecule has 0 saturated carbocycles. The maximum atomic E-state index is 13.6. The summed E-state index contributed by atoms with van der Waals surface area (Å²) in [7, 11) is -2.22. The predicted octanol–water partition coefficient (Wildman–Crippen LogP) is 3.74. The van der Waals surface area contributed by atoms with Crippen molar-refractivity contribution in [1.82, 2.24) is 9.97 Å². The number of benzene rings is 2. The number of alkyl halides is 3. The van der Waals surface area contributed by atoms with E-state index in [4.69, 9.17) is 0 Å². The van der Waals surface area contributed by atoms with Crippen molar-refractivity contribution in [2.45, 2.75) is 19.1 Å². The Labute approximate surface area is 199 Å². The van der Waals surface area contributed by atoms with Crippen LogP contribution in [0.4, 0.5) is 42.0 Å². The highest BCUT2D eigenvalue weighted by molar-refractivity contribution is 7.92. The van der Waals surface area contributed by atoms with Crippen molar-refractivity contribution < 1.29 is 26.4 Å². The molecule has 35 heavy (non-hydrogen) atoms. The quantitative estimate of drug-likeness (QED) is 0.447. The summed E-state index contributed by atoms with van der Waals surface area (Å²) in [5.74, 6) is -0.705. The smallest absolute Gasteiger partial charge is 0.365 e. The van der Waals surface area contributed by atoms with E-state index in [9.17, 15) is 26.4 Å². The summed E-state index contributed by atoms with van der Waals surface area (Å²) in [6.07, 6.45) is -2.76. The van der Waals surface area contributed by atoms with Crippen molar-refractivity contribution in [2.75, 3.05) is 33.6 Å². The fourth-order valence-electron chi connectivity index (χ4n) is 3.53. The molecule has 0 unspecified atom stereocenters. The number of para-hydroxylation sites is 1. The Bertz CT molecular complexity index is 1400. The van der Waals surface area contributed by atoms with Crippen LogP contribution in [-0.2, 0) is 34.0 Å². The maximum absolute atomic E-state index is 13.6. The summed E-state index contributed by atoms with van der Waals surface area (Å²) < 4.78 is 65.8. The van der Waals surface area contributed by atoms with E-state index < -0.39 is 27.6 Å². The number of rotatable bonds is 7. The number of carbonyl (C=O) groups excluding carboxylic acids is 1. The van der Waals surface area contributed by atoms with Crippen LogP contribution in [0.15, 0.2) is 48.7 Å². The average molecular weight is 507 g/mol. The molecule has 184 valence electrons. The van der Waals surface area contributed by atoms with Crippen LogP contribution in [0, 0.1) is 0 Å². The standard InChI is InChI=1S/C22H21F3N6O3S/c1-31(35(2,33)34)18-6-4-3-5-14(18)11-26-20-16(22(23,24)25)12-27-21(30-20)28-15-8-7-13-9-19(32)29-17(13)10-15/h3-8,10,12H,9,11H2,1-2H3,(H,29,32)(H2,26,27,28,30). The lowest BCUT2D eigenvalue weighted by atomic mass is 10.1. The van der Waals surface area contributed by atoms with Gasteiger partial charge in [-0.15, -0.1) is 0 Å². The van der Waals surface area contributed by atoms with E-state index in [1.807, 2.05) is 0 Å². The van der Waals surface area contributed by atoms with Crippen LogP contribution in [0.25, 0.3) is 0 Å². The first-order chi connectivity index (χ1) is 16.4. The summed E-state index contributed by atoms with van der Waals surface area (Å²) >= 11 is 0. The van der Waals surface area contributed by atoms with E-state index in [1.54, 1.807) is 42.5 Å². The molecule has 2 heterocycles. The van der Waals surface area contributed by atoms with Gasteiger partial charge in [-0.2, -0.15) is 18.2 Å². The van der Waals surface area contributed by atoms with Gasteiger partial charge in [-0.3, -0.25) is 9.10 Å². The van der Waals surface area contributed by atoms with Gasteiger partial charge >= 0.3 is 6.18 Å². The second kappa shape index (κ2) is 9.06. The maximum Gasteiger partial charge on any atom is 0.421 e.